The fourth-order valence-electron chi connectivity index (χ4n) is 2.49. The van der Waals surface area contributed by atoms with Gasteiger partial charge in [0.15, 0.2) is 0 Å². The van der Waals surface area contributed by atoms with Gasteiger partial charge < -0.3 is 5.32 Å². The molecule has 0 radical (unpaired) electrons. The molecule has 1 atom stereocenters. The molecule has 1 aromatic heterocycles. The molecule has 108 valence electrons. The molecular weight excluding hydrogens is 298 g/mol. The van der Waals surface area contributed by atoms with Gasteiger partial charge in [0.2, 0.25) is 0 Å². The summed E-state index contributed by atoms with van der Waals surface area (Å²) in [4.78, 5) is 1.22. The highest BCUT2D eigenvalue weighted by Crippen LogP contribution is 2.35. The third-order valence-corrected chi connectivity index (χ3v) is 5.31. The van der Waals surface area contributed by atoms with Crippen molar-refractivity contribution < 1.29 is 0 Å². The summed E-state index contributed by atoms with van der Waals surface area (Å²) in [6.45, 7) is 3.04. The highest BCUT2D eigenvalue weighted by molar-refractivity contribution is 7.19. The second kappa shape index (κ2) is 6.61. The Morgan fingerprint density at radius 3 is 2.52 bits per heavy atom. The van der Waals surface area contributed by atoms with Crippen LogP contribution in [0.25, 0.3) is 10.1 Å². The summed E-state index contributed by atoms with van der Waals surface area (Å²) in [5, 5.41) is 5.64. The van der Waals surface area contributed by atoms with Gasteiger partial charge in [0.05, 0.1) is 5.02 Å². The zero-order valence-electron chi connectivity index (χ0n) is 12.0. The third-order valence-electron chi connectivity index (χ3n) is 3.60. The lowest BCUT2D eigenvalue weighted by Crippen LogP contribution is -2.27. The minimum atomic E-state index is 0.425. The number of hydrogen-bond donors (Lipinski definition) is 1. The first-order chi connectivity index (χ1) is 10.2. The van der Waals surface area contributed by atoms with E-state index >= 15 is 0 Å². The molecule has 0 saturated heterocycles. The molecule has 1 unspecified atom stereocenters. The zero-order chi connectivity index (χ0) is 14.7. The SMILES string of the molecule is CC(Cc1ccccc1)NCc1sc2ccccc2c1Cl. The molecule has 21 heavy (non-hydrogen) atoms. The number of thiophene rings is 1. The van der Waals surface area contributed by atoms with E-state index in [1.54, 1.807) is 11.3 Å². The van der Waals surface area contributed by atoms with E-state index in [2.05, 4.69) is 60.8 Å². The maximum absolute atomic E-state index is 6.47. The number of benzene rings is 2. The van der Waals surface area contributed by atoms with Crippen LogP contribution in [0, 0.1) is 0 Å². The summed E-state index contributed by atoms with van der Waals surface area (Å²) < 4.78 is 1.26. The molecule has 0 aliphatic heterocycles. The minimum absolute atomic E-state index is 0.425. The Hall–Kier alpha value is -1.35. The lowest BCUT2D eigenvalue weighted by atomic mass is 10.1. The molecule has 3 heteroatoms. The highest BCUT2D eigenvalue weighted by atomic mass is 35.5. The maximum atomic E-state index is 6.47. The first-order valence-corrected chi connectivity index (χ1v) is 8.36. The van der Waals surface area contributed by atoms with Gasteiger partial charge in [0, 0.05) is 27.5 Å². The quantitative estimate of drug-likeness (QED) is 0.676. The van der Waals surface area contributed by atoms with Gasteiger partial charge >= 0.3 is 0 Å². The Bertz CT molecular complexity index is 720. The summed E-state index contributed by atoms with van der Waals surface area (Å²) in [7, 11) is 0. The van der Waals surface area contributed by atoms with Crippen LogP contribution in [0.4, 0.5) is 0 Å². The Kier molecular flexibility index (Phi) is 4.59. The monoisotopic (exact) mass is 315 g/mol. The second-order valence-electron chi connectivity index (χ2n) is 5.31. The first kappa shape index (κ1) is 14.6. The second-order valence-corrected chi connectivity index (χ2v) is 6.82. The first-order valence-electron chi connectivity index (χ1n) is 7.17. The average molecular weight is 316 g/mol. The molecule has 1 N–H and O–H groups in total. The van der Waals surface area contributed by atoms with Crippen molar-refractivity contribution in [3.05, 3.63) is 70.1 Å². The van der Waals surface area contributed by atoms with Crippen molar-refractivity contribution in [1.29, 1.82) is 0 Å². The van der Waals surface area contributed by atoms with Crippen molar-refractivity contribution in [3.63, 3.8) is 0 Å². The molecule has 3 aromatic rings. The number of rotatable bonds is 5. The Balaban J connectivity index is 1.65. The molecule has 0 fully saturated rings. The van der Waals surface area contributed by atoms with Gasteiger partial charge in [-0.2, -0.15) is 0 Å². The van der Waals surface area contributed by atoms with Crippen molar-refractivity contribution in [1.82, 2.24) is 5.32 Å². The summed E-state index contributed by atoms with van der Waals surface area (Å²) in [6, 6.07) is 19.3. The predicted octanol–water partition coefficient (Wildman–Crippen LogP) is 5.28. The van der Waals surface area contributed by atoms with E-state index in [1.165, 1.54) is 15.1 Å². The van der Waals surface area contributed by atoms with Crippen LogP contribution in [0.3, 0.4) is 0 Å². The van der Waals surface area contributed by atoms with Crippen LogP contribution in [-0.2, 0) is 13.0 Å². The van der Waals surface area contributed by atoms with Crippen molar-refractivity contribution in [2.75, 3.05) is 0 Å². The fourth-order valence-corrected chi connectivity index (χ4v) is 3.94. The van der Waals surface area contributed by atoms with Gasteiger partial charge in [-0.15, -0.1) is 11.3 Å². The summed E-state index contributed by atoms with van der Waals surface area (Å²) >= 11 is 8.25. The third kappa shape index (κ3) is 3.46. The van der Waals surface area contributed by atoms with Crippen LogP contribution >= 0.6 is 22.9 Å². The average Bonchev–Trinajstić information content (AvgIpc) is 2.83. The lowest BCUT2D eigenvalue weighted by Gasteiger charge is -2.13. The number of fused-ring (bicyclic) bond motifs is 1. The molecule has 0 saturated carbocycles. The molecule has 0 bridgehead atoms. The van der Waals surface area contributed by atoms with Crippen LogP contribution in [-0.4, -0.2) is 6.04 Å². The number of hydrogen-bond acceptors (Lipinski definition) is 2. The molecular formula is C18H18ClNS. The highest BCUT2D eigenvalue weighted by Gasteiger charge is 2.11. The van der Waals surface area contributed by atoms with Crippen LogP contribution in [0.5, 0.6) is 0 Å². The largest absolute Gasteiger partial charge is 0.309 e. The Labute approximate surface area is 134 Å². The van der Waals surface area contributed by atoms with Crippen molar-refractivity contribution in [2.45, 2.75) is 25.9 Å². The van der Waals surface area contributed by atoms with Crippen LogP contribution < -0.4 is 5.32 Å². The van der Waals surface area contributed by atoms with Crippen molar-refractivity contribution in [3.8, 4) is 0 Å². The molecule has 1 heterocycles. The molecule has 0 spiro atoms. The normalized spacial score (nSPS) is 12.7. The van der Waals surface area contributed by atoms with E-state index < -0.39 is 0 Å². The van der Waals surface area contributed by atoms with E-state index in [4.69, 9.17) is 11.6 Å². The Morgan fingerprint density at radius 2 is 1.76 bits per heavy atom. The van der Waals surface area contributed by atoms with Crippen LogP contribution in [0.1, 0.15) is 17.4 Å². The molecule has 3 rings (SSSR count). The summed E-state index contributed by atoms with van der Waals surface area (Å²) in [6.07, 6.45) is 1.03. The molecule has 0 amide bonds. The van der Waals surface area contributed by atoms with Gasteiger partial charge in [-0.25, -0.2) is 0 Å². The van der Waals surface area contributed by atoms with E-state index in [0.717, 1.165) is 23.4 Å². The van der Waals surface area contributed by atoms with Crippen LogP contribution in [0.2, 0.25) is 5.02 Å². The number of halogens is 1. The van der Waals surface area contributed by atoms with Crippen molar-refractivity contribution >= 4 is 33.0 Å². The van der Waals surface area contributed by atoms with Gasteiger partial charge in [0.25, 0.3) is 0 Å². The summed E-state index contributed by atoms with van der Waals surface area (Å²) in [5.41, 5.74) is 1.36. The van der Waals surface area contributed by atoms with Gasteiger partial charge in [0.1, 0.15) is 0 Å². The van der Waals surface area contributed by atoms with Gasteiger partial charge in [-0.3, -0.25) is 0 Å². The Morgan fingerprint density at radius 1 is 1.05 bits per heavy atom. The van der Waals surface area contributed by atoms with Crippen LogP contribution in [0.15, 0.2) is 54.6 Å². The van der Waals surface area contributed by atoms with E-state index in [0.29, 0.717) is 6.04 Å². The van der Waals surface area contributed by atoms with E-state index in [-0.39, 0.29) is 0 Å². The van der Waals surface area contributed by atoms with E-state index in [9.17, 15) is 0 Å². The summed E-state index contributed by atoms with van der Waals surface area (Å²) in [5.74, 6) is 0. The van der Waals surface area contributed by atoms with Gasteiger partial charge in [-0.05, 0) is 25.0 Å². The standard InChI is InChI=1S/C18H18ClNS/c1-13(11-14-7-3-2-4-8-14)20-12-17-18(19)15-9-5-6-10-16(15)21-17/h2-10,13,20H,11-12H2,1H3. The smallest absolute Gasteiger partial charge is 0.0636 e. The van der Waals surface area contributed by atoms with E-state index in [1.807, 2.05) is 6.07 Å². The fraction of sp³-hybridized carbons (Fsp3) is 0.222. The predicted molar refractivity (Wildman–Crippen MR) is 93.3 cm³/mol. The molecule has 1 nitrogen and oxygen atoms in total. The molecule has 0 aliphatic rings. The molecule has 0 aliphatic carbocycles. The lowest BCUT2D eigenvalue weighted by molar-refractivity contribution is 0.549. The topological polar surface area (TPSA) is 12.0 Å². The maximum Gasteiger partial charge on any atom is 0.0636 e. The molecule has 2 aromatic carbocycles. The zero-order valence-corrected chi connectivity index (χ0v) is 13.5. The number of nitrogens with one attached hydrogen (secondary N) is 1. The minimum Gasteiger partial charge on any atom is -0.309 e. The van der Waals surface area contributed by atoms with Gasteiger partial charge in [-0.1, -0.05) is 60.1 Å². The van der Waals surface area contributed by atoms with Crippen molar-refractivity contribution in [2.24, 2.45) is 0 Å².